The molecule has 2 fully saturated rings. The number of benzene rings is 1. The van der Waals surface area contributed by atoms with Gasteiger partial charge in [-0.25, -0.2) is 10.1 Å². The number of hydrazone groups is 1. The van der Waals surface area contributed by atoms with E-state index in [2.05, 4.69) is 11.2 Å². The van der Waals surface area contributed by atoms with Crippen molar-refractivity contribution in [2.24, 2.45) is 11.0 Å². The molecule has 1 aromatic rings. The Morgan fingerprint density at radius 3 is 2.81 bits per heavy atom. The molecule has 0 spiro atoms. The highest BCUT2D eigenvalue weighted by molar-refractivity contribution is 5.83. The molecule has 0 saturated carbocycles. The lowest BCUT2D eigenvalue weighted by atomic mass is 10.1. The zero-order valence-corrected chi connectivity index (χ0v) is 14.6. The van der Waals surface area contributed by atoms with Gasteiger partial charge in [-0.15, -0.1) is 0 Å². The first-order chi connectivity index (χ1) is 12.5. The van der Waals surface area contributed by atoms with Gasteiger partial charge in [0.25, 0.3) is 5.96 Å². The normalized spacial score (nSPS) is 24.5. The Balaban J connectivity index is 1.70. The van der Waals surface area contributed by atoms with Crippen LogP contribution in [0, 0.1) is 27.4 Å². The molecule has 2 unspecified atom stereocenters. The summed E-state index contributed by atoms with van der Waals surface area (Å²) >= 11 is 0. The van der Waals surface area contributed by atoms with Crippen LogP contribution in [-0.4, -0.2) is 53.1 Å². The third kappa shape index (κ3) is 4.37. The average Bonchev–Trinajstić information content (AvgIpc) is 3.20. The van der Waals surface area contributed by atoms with Crippen LogP contribution in [0.25, 0.3) is 6.08 Å². The average molecular weight is 355 g/mol. The van der Waals surface area contributed by atoms with E-state index >= 15 is 0 Å². The van der Waals surface area contributed by atoms with Gasteiger partial charge in [-0.2, -0.15) is 5.26 Å². The van der Waals surface area contributed by atoms with Gasteiger partial charge in [0.15, 0.2) is 5.03 Å². The van der Waals surface area contributed by atoms with Gasteiger partial charge in [0.2, 0.25) is 0 Å². The molecule has 0 aromatic heterocycles. The third-order valence-corrected chi connectivity index (χ3v) is 4.57. The quantitative estimate of drug-likeness (QED) is 0.593. The lowest BCUT2D eigenvalue weighted by molar-refractivity contribution is -0.486. The van der Waals surface area contributed by atoms with Crippen LogP contribution in [0.5, 0.6) is 0 Å². The largest absolute Gasteiger partial charge is 0.378 e. The number of guanidine groups is 1. The molecule has 8 nitrogen and oxygen atoms in total. The first-order valence-corrected chi connectivity index (χ1v) is 8.59. The van der Waals surface area contributed by atoms with Crippen molar-refractivity contribution in [2.45, 2.75) is 19.4 Å². The van der Waals surface area contributed by atoms with Crippen molar-refractivity contribution < 1.29 is 9.77 Å². The molecular weight excluding hydrogens is 334 g/mol. The van der Waals surface area contributed by atoms with Crippen LogP contribution in [0.3, 0.4) is 0 Å². The molecule has 136 valence electrons. The van der Waals surface area contributed by atoms with Gasteiger partial charge in [0, 0.05) is 31.8 Å². The smallest absolute Gasteiger partial charge is 0.278 e. The summed E-state index contributed by atoms with van der Waals surface area (Å²) in [5, 5.41) is 22.8. The SMILES string of the molecule is CC1CC(CN2CCN(C=Cc3ccc(C#N)cc3)C2=N[N+](=O)[O-])CO1. The molecule has 1 aromatic carbocycles. The molecular formula is C18H21N5O3. The molecule has 0 N–H and O–H groups in total. The first-order valence-electron chi connectivity index (χ1n) is 8.59. The number of ether oxygens (including phenoxy) is 1. The topological polar surface area (TPSA) is 95.0 Å². The van der Waals surface area contributed by atoms with Crippen LogP contribution < -0.4 is 0 Å². The van der Waals surface area contributed by atoms with Crippen molar-refractivity contribution in [1.29, 1.82) is 5.26 Å². The standard InChI is InChI=1S/C18H21N5O3/c1-14-10-17(13-26-14)12-22-9-8-21(18(22)20-23(24)25)7-6-15-2-4-16(11-19)5-3-15/h2-7,14,17H,8-10,12-13H2,1H3. The predicted octanol–water partition coefficient (Wildman–Crippen LogP) is 2.12. The first kappa shape index (κ1) is 17.9. The van der Waals surface area contributed by atoms with Crippen LogP contribution in [0.1, 0.15) is 24.5 Å². The number of nitriles is 1. The second-order valence-electron chi connectivity index (χ2n) is 6.57. The lowest BCUT2D eigenvalue weighted by Crippen LogP contribution is -2.35. The summed E-state index contributed by atoms with van der Waals surface area (Å²) in [5.74, 6) is 0.726. The summed E-state index contributed by atoms with van der Waals surface area (Å²) in [7, 11) is 0. The molecule has 2 heterocycles. The molecule has 2 atom stereocenters. The van der Waals surface area contributed by atoms with E-state index in [1.807, 2.05) is 30.0 Å². The van der Waals surface area contributed by atoms with Gasteiger partial charge >= 0.3 is 0 Å². The Kier molecular flexibility index (Phi) is 5.49. The van der Waals surface area contributed by atoms with Gasteiger partial charge in [-0.3, -0.25) is 0 Å². The molecule has 0 radical (unpaired) electrons. The molecule has 8 heteroatoms. The molecule has 2 aliphatic heterocycles. The molecule has 0 amide bonds. The fourth-order valence-electron chi connectivity index (χ4n) is 3.31. The third-order valence-electron chi connectivity index (χ3n) is 4.57. The highest BCUT2D eigenvalue weighted by atomic mass is 16.7. The minimum Gasteiger partial charge on any atom is -0.378 e. The van der Waals surface area contributed by atoms with Crippen molar-refractivity contribution in [3.05, 3.63) is 51.7 Å². The maximum atomic E-state index is 11.0. The van der Waals surface area contributed by atoms with Crippen LogP contribution in [0.2, 0.25) is 0 Å². The van der Waals surface area contributed by atoms with E-state index in [0.29, 0.717) is 43.7 Å². The van der Waals surface area contributed by atoms with E-state index in [0.717, 1.165) is 12.0 Å². The number of hydrogen-bond donors (Lipinski definition) is 0. The minimum atomic E-state index is -0.649. The van der Waals surface area contributed by atoms with Crippen LogP contribution >= 0.6 is 0 Å². The maximum absolute atomic E-state index is 11.0. The molecule has 0 aliphatic carbocycles. The van der Waals surface area contributed by atoms with Gasteiger partial charge in [-0.1, -0.05) is 12.1 Å². The fraction of sp³-hybridized carbons (Fsp3) is 0.444. The number of hydrogen-bond acceptors (Lipinski definition) is 4. The second kappa shape index (κ2) is 7.97. The van der Waals surface area contributed by atoms with Crippen molar-refractivity contribution in [2.75, 3.05) is 26.2 Å². The fourth-order valence-corrected chi connectivity index (χ4v) is 3.31. The Hall–Kier alpha value is -2.92. The van der Waals surface area contributed by atoms with Crippen molar-refractivity contribution in [3.63, 3.8) is 0 Å². The maximum Gasteiger partial charge on any atom is 0.278 e. The van der Waals surface area contributed by atoms with Crippen molar-refractivity contribution >= 4 is 12.0 Å². The Bertz CT molecular complexity index is 753. The van der Waals surface area contributed by atoms with Crippen molar-refractivity contribution in [3.8, 4) is 6.07 Å². The molecule has 3 rings (SSSR count). The van der Waals surface area contributed by atoms with Gasteiger partial charge in [-0.05, 0) is 37.1 Å². The van der Waals surface area contributed by atoms with E-state index in [1.165, 1.54) is 0 Å². The van der Waals surface area contributed by atoms with Crippen LogP contribution in [-0.2, 0) is 4.74 Å². The predicted molar refractivity (Wildman–Crippen MR) is 96.4 cm³/mol. The van der Waals surface area contributed by atoms with Crippen LogP contribution in [0.15, 0.2) is 35.6 Å². The Morgan fingerprint density at radius 1 is 1.42 bits per heavy atom. The highest BCUT2D eigenvalue weighted by Crippen LogP contribution is 2.22. The monoisotopic (exact) mass is 355 g/mol. The summed E-state index contributed by atoms with van der Waals surface area (Å²) in [6.45, 7) is 4.77. The molecule has 2 saturated heterocycles. The lowest BCUT2D eigenvalue weighted by Gasteiger charge is -2.21. The van der Waals surface area contributed by atoms with Gasteiger partial charge in [0.1, 0.15) is 5.10 Å². The van der Waals surface area contributed by atoms with Crippen molar-refractivity contribution in [1.82, 2.24) is 9.80 Å². The molecule has 0 bridgehead atoms. The van der Waals surface area contributed by atoms with E-state index in [1.54, 1.807) is 23.2 Å². The number of rotatable bonds is 5. The summed E-state index contributed by atoms with van der Waals surface area (Å²) in [6, 6.07) is 9.23. The van der Waals surface area contributed by atoms with E-state index in [-0.39, 0.29) is 6.10 Å². The van der Waals surface area contributed by atoms with Gasteiger partial charge in [0.05, 0.1) is 24.3 Å². The summed E-state index contributed by atoms with van der Waals surface area (Å²) in [4.78, 5) is 14.7. The number of nitrogens with zero attached hydrogens (tertiary/aromatic N) is 5. The Labute approximate surface area is 152 Å². The summed E-state index contributed by atoms with van der Waals surface area (Å²) in [6.07, 6.45) is 4.87. The van der Waals surface area contributed by atoms with E-state index in [4.69, 9.17) is 10.00 Å². The number of nitro groups is 1. The minimum absolute atomic E-state index is 0.242. The van der Waals surface area contributed by atoms with E-state index in [9.17, 15) is 10.1 Å². The van der Waals surface area contributed by atoms with E-state index < -0.39 is 5.03 Å². The highest BCUT2D eigenvalue weighted by Gasteiger charge is 2.32. The zero-order valence-electron chi connectivity index (χ0n) is 14.6. The second-order valence-corrected chi connectivity index (χ2v) is 6.57. The van der Waals surface area contributed by atoms with Crippen LogP contribution in [0.4, 0.5) is 0 Å². The Morgan fingerprint density at radius 2 is 2.19 bits per heavy atom. The zero-order chi connectivity index (χ0) is 18.5. The molecule has 26 heavy (non-hydrogen) atoms. The summed E-state index contributed by atoms with van der Waals surface area (Å²) in [5.41, 5.74) is 1.51. The molecule has 2 aliphatic rings. The van der Waals surface area contributed by atoms with Gasteiger partial charge < -0.3 is 14.5 Å². The summed E-state index contributed by atoms with van der Waals surface area (Å²) < 4.78 is 5.59.